The standard InChI is InChI=1S/C8H9ClINO/c9-5-2-1-3-6(10)8(5)7(11)4-12/h1-3,7,12H,4,11H2. The SMILES string of the molecule is NC(CO)c1c(Cl)cccc1I. The maximum absolute atomic E-state index is 8.85. The smallest absolute Gasteiger partial charge is 0.0625 e. The summed E-state index contributed by atoms with van der Waals surface area (Å²) in [6.07, 6.45) is 0. The van der Waals surface area contributed by atoms with E-state index in [9.17, 15) is 0 Å². The molecular weight excluding hydrogens is 288 g/mol. The molecule has 0 fully saturated rings. The third-order valence-electron chi connectivity index (χ3n) is 1.57. The molecule has 0 radical (unpaired) electrons. The number of halogens is 2. The van der Waals surface area contributed by atoms with E-state index in [1.165, 1.54) is 0 Å². The van der Waals surface area contributed by atoms with Gasteiger partial charge >= 0.3 is 0 Å². The van der Waals surface area contributed by atoms with Crippen LogP contribution in [0.15, 0.2) is 18.2 Å². The number of hydrogen-bond donors (Lipinski definition) is 2. The van der Waals surface area contributed by atoms with E-state index in [1.54, 1.807) is 6.07 Å². The van der Waals surface area contributed by atoms with E-state index in [1.807, 2.05) is 12.1 Å². The van der Waals surface area contributed by atoms with Crippen molar-refractivity contribution in [3.63, 3.8) is 0 Å². The number of benzene rings is 1. The summed E-state index contributed by atoms with van der Waals surface area (Å²) >= 11 is 8.06. The average molecular weight is 298 g/mol. The minimum absolute atomic E-state index is 0.0836. The maximum Gasteiger partial charge on any atom is 0.0625 e. The van der Waals surface area contributed by atoms with Crippen molar-refractivity contribution in [3.8, 4) is 0 Å². The molecule has 0 aromatic heterocycles. The van der Waals surface area contributed by atoms with Gasteiger partial charge in [0.25, 0.3) is 0 Å². The largest absolute Gasteiger partial charge is 0.394 e. The molecule has 0 aliphatic carbocycles. The Hall–Kier alpha value is 0.160. The van der Waals surface area contributed by atoms with Crippen molar-refractivity contribution in [2.45, 2.75) is 6.04 Å². The second-order valence-corrected chi connectivity index (χ2v) is 3.99. The molecule has 0 spiro atoms. The molecule has 0 heterocycles. The van der Waals surface area contributed by atoms with Gasteiger partial charge in [-0.2, -0.15) is 0 Å². The van der Waals surface area contributed by atoms with Crippen molar-refractivity contribution in [2.75, 3.05) is 6.61 Å². The van der Waals surface area contributed by atoms with Crippen molar-refractivity contribution in [2.24, 2.45) is 5.73 Å². The molecule has 0 saturated heterocycles. The highest BCUT2D eigenvalue weighted by atomic mass is 127. The van der Waals surface area contributed by atoms with Crippen LogP contribution in [0, 0.1) is 3.57 Å². The minimum atomic E-state index is -0.384. The molecule has 1 atom stereocenters. The molecule has 0 aliphatic rings. The number of nitrogens with two attached hydrogens (primary N) is 1. The van der Waals surface area contributed by atoms with Gasteiger partial charge in [0.15, 0.2) is 0 Å². The number of hydrogen-bond acceptors (Lipinski definition) is 2. The molecule has 0 saturated carbocycles. The molecule has 2 nitrogen and oxygen atoms in total. The highest BCUT2D eigenvalue weighted by molar-refractivity contribution is 14.1. The topological polar surface area (TPSA) is 46.2 Å². The molecule has 3 N–H and O–H groups in total. The van der Waals surface area contributed by atoms with Crippen LogP contribution in [0.2, 0.25) is 5.02 Å². The van der Waals surface area contributed by atoms with Crippen molar-refractivity contribution >= 4 is 34.2 Å². The van der Waals surface area contributed by atoms with E-state index in [0.29, 0.717) is 5.02 Å². The van der Waals surface area contributed by atoms with E-state index in [2.05, 4.69) is 22.6 Å². The number of aliphatic hydroxyl groups excluding tert-OH is 1. The lowest BCUT2D eigenvalue weighted by atomic mass is 10.1. The van der Waals surface area contributed by atoms with Crippen molar-refractivity contribution in [3.05, 3.63) is 32.4 Å². The van der Waals surface area contributed by atoms with Crippen LogP contribution in [0.25, 0.3) is 0 Å². The minimum Gasteiger partial charge on any atom is -0.394 e. The summed E-state index contributed by atoms with van der Waals surface area (Å²) in [7, 11) is 0. The lowest BCUT2D eigenvalue weighted by molar-refractivity contribution is 0.267. The Kier molecular flexibility index (Phi) is 3.77. The zero-order valence-corrected chi connectivity index (χ0v) is 9.21. The lowest BCUT2D eigenvalue weighted by Crippen LogP contribution is -2.16. The van der Waals surface area contributed by atoms with Crippen LogP contribution >= 0.6 is 34.2 Å². The Bertz CT molecular complexity index is 260. The van der Waals surface area contributed by atoms with Gasteiger partial charge in [-0.15, -0.1) is 0 Å². The summed E-state index contributed by atoms with van der Waals surface area (Å²) in [5.74, 6) is 0. The maximum atomic E-state index is 8.85. The van der Waals surface area contributed by atoms with E-state index in [0.717, 1.165) is 9.13 Å². The first kappa shape index (κ1) is 10.2. The highest BCUT2D eigenvalue weighted by Gasteiger charge is 2.11. The summed E-state index contributed by atoms with van der Waals surface area (Å²) in [6, 6.07) is 5.16. The fraction of sp³-hybridized carbons (Fsp3) is 0.250. The van der Waals surface area contributed by atoms with Crippen LogP contribution in [0.5, 0.6) is 0 Å². The first-order chi connectivity index (χ1) is 5.66. The van der Waals surface area contributed by atoms with Gasteiger partial charge in [0.05, 0.1) is 12.6 Å². The Balaban J connectivity index is 3.12. The normalized spacial score (nSPS) is 13.0. The zero-order valence-electron chi connectivity index (χ0n) is 6.30. The number of aliphatic hydroxyl groups is 1. The summed E-state index contributed by atoms with van der Waals surface area (Å²) < 4.78 is 0.988. The van der Waals surface area contributed by atoms with Gasteiger partial charge in [-0.25, -0.2) is 0 Å². The quantitative estimate of drug-likeness (QED) is 0.820. The second kappa shape index (κ2) is 4.41. The molecule has 4 heteroatoms. The second-order valence-electron chi connectivity index (χ2n) is 2.42. The molecule has 66 valence electrons. The van der Waals surface area contributed by atoms with Crippen LogP contribution in [-0.2, 0) is 0 Å². The lowest BCUT2D eigenvalue weighted by Gasteiger charge is -2.12. The third-order valence-corrected chi connectivity index (χ3v) is 2.84. The summed E-state index contributed by atoms with van der Waals surface area (Å²) in [5.41, 5.74) is 6.48. The number of rotatable bonds is 2. The van der Waals surface area contributed by atoms with Crippen LogP contribution in [0.4, 0.5) is 0 Å². The van der Waals surface area contributed by atoms with Gasteiger partial charge in [0.1, 0.15) is 0 Å². The molecule has 0 aliphatic heterocycles. The van der Waals surface area contributed by atoms with Crippen LogP contribution < -0.4 is 5.73 Å². The van der Waals surface area contributed by atoms with Crippen molar-refractivity contribution in [1.29, 1.82) is 0 Å². The Morgan fingerprint density at radius 3 is 2.75 bits per heavy atom. The van der Waals surface area contributed by atoms with Crippen LogP contribution in [0.1, 0.15) is 11.6 Å². The van der Waals surface area contributed by atoms with E-state index >= 15 is 0 Å². The summed E-state index contributed by atoms with van der Waals surface area (Å²) in [5, 5.41) is 9.46. The molecule has 12 heavy (non-hydrogen) atoms. The first-order valence-electron chi connectivity index (χ1n) is 3.47. The Morgan fingerprint density at radius 2 is 2.25 bits per heavy atom. The van der Waals surface area contributed by atoms with Crippen molar-refractivity contribution in [1.82, 2.24) is 0 Å². The van der Waals surface area contributed by atoms with Crippen LogP contribution in [-0.4, -0.2) is 11.7 Å². The average Bonchev–Trinajstić information content (AvgIpc) is 2.03. The monoisotopic (exact) mass is 297 g/mol. The molecule has 0 amide bonds. The molecular formula is C8H9ClINO. The van der Waals surface area contributed by atoms with Gasteiger partial charge in [-0.3, -0.25) is 0 Å². The molecule has 0 bridgehead atoms. The predicted molar refractivity (Wildman–Crippen MR) is 58.2 cm³/mol. The van der Waals surface area contributed by atoms with Gasteiger partial charge in [0.2, 0.25) is 0 Å². The molecule has 1 aromatic carbocycles. The highest BCUT2D eigenvalue weighted by Crippen LogP contribution is 2.26. The van der Waals surface area contributed by atoms with Gasteiger partial charge in [-0.1, -0.05) is 17.7 Å². The van der Waals surface area contributed by atoms with Gasteiger partial charge < -0.3 is 10.8 Å². The van der Waals surface area contributed by atoms with Crippen LogP contribution in [0.3, 0.4) is 0 Å². The van der Waals surface area contributed by atoms with E-state index < -0.39 is 0 Å². The van der Waals surface area contributed by atoms with E-state index in [-0.39, 0.29) is 12.6 Å². The summed E-state index contributed by atoms with van der Waals surface area (Å²) in [6.45, 7) is -0.0836. The zero-order chi connectivity index (χ0) is 9.14. The predicted octanol–water partition coefficient (Wildman–Crippen LogP) is 1.94. The fourth-order valence-corrected chi connectivity index (χ4v) is 2.33. The van der Waals surface area contributed by atoms with E-state index in [4.69, 9.17) is 22.4 Å². The molecule has 1 rings (SSSR count). The fourth-order valence-electron chi connectivity index (χ4n) is 0.956. The first-order valence-corrected chi connectivity index (χ1v) is 4.93. The van der Waals surface area contributed by atoms with Crippen molar-refractivity contribution < 1.29 is 5.11 Å². The molecule has 1 aromatic rings. The third kappa shape index (κ3) is 2.10. The molecule has 1 unspecified atom stereocenters. The van der Waals surface area contributed by atoms with Gasteiger partial charge in [0, 0.05) is 14.2 Å². The summed E-state index contributed by atoms with van der Waals surface area (Å²) in [4.78, 5) is 0. The van der Waals surface area contributed by atoms with Gasteiger partial charge in [-0.05, 0) is 34.7 Å². The Labute approximate surface area is 89.9 Å². The Morgan fingerprint density at radius 1 is 1.58 bits per heavy atom.